The van der Waals surface area contributed by atoms with E-state index in [2.05, 4.69) is 19.2 Å². The Morgan fingerprint density at radius 1 is 1.29 bits per heavy atom. The van der Waals surface area contributed by atoms with Gasteiger partial charge in [-0.1, -0.05) is 20.3 Å². The summed E-state index contributed by atoms with van der Waals surface area (Å²) < 4.78 is 5.41. The number of hydrogen-bond acceptors (Lipinski definition) is 2. The number of hydrogen-bond donors (Lipinski definition) is 1. The van der Waals surface area contributed by atoms with Crippen LogP contribution in [0.5, 0.6) is 0 Å². The molecular weight excluding hydrogens is 174 g/mol. The van der Waals surface area contributed by atoms with E-state index >= 15 is 0 Å². The van der Waals surface area contributed by atoms with E-state index in [4.69, 9.17) is 4.74 Å². The van der Waals surface area contributed by atoms with Crippen molar-refractivity contribution in [2.45, 2.75) is 39.5 Å². The monoisotopic (exact) mass is 199 g/mol. The maximum Gasteiger partial charge on any atom is 0.0590 e. The van der Waals surface area contributed by atoms with Gasteiger partial charge in [-0.3, -0.25) is 0 Å². The minimum Gasteiger partial charge on any atom is -0.380 e. The highest BCUT2D eigenvalue weighted by molar-refractivity contribution is 4.74. The van der Waals surface area contributed by atoms with Gasteiger partial charge in [0, 0.05) is 13.2 Å². The minimum atomic E-state index is 0.871. The molecule has 2 heteroatoms. The Labute approximate surface area is 88.4 Å². The zero-order valence-electron chi connectivity index (χ0n) is 9.72. The molecule has 0 aliphatic heterocycles. The lowest BCUT2D eigenvalue weighted by Crippen LogP contribution is -2.25. The third kappa shape index (κ3) is 4.97. The zero-order chi connectivity index (χ0) is 10.2. The van der Waals surface area contributed by atoms with Gasteiger partial charge in [0.1, 0.15) is 0 Å². The molecule has 0 aromatic rings. The van der Waals surface area contributed by atoms with Gasteiger partial charge in [0.2, 0.25) is 0 Å². The van der Waals surface area contributed by atoms with E-state index in [-0.39, 0.29) is 0 Å². The first-order chi connectivity index (χ1) is 6.83. The highest BCUT2D eigenvalue weighted by Crippen LogP contribution is 2.29. The maximum absolute atomic E-state index is 5.41. The van der Waals surface area contributed by atoms with Crippen molar-refractivity contribution < 1.29 is 4.74 Å². The second-order valence-corrected chi connectivity index (χ2v) is 4.60. The minimum absolute atomic E-state index is 0.871. The first kappa shape index (κ1) is 12.0. The maximum atomic E-state index is 5.41. The van der Waals surface area contributed by atoms with Crippen molar-refractivity contribution in [1.82, 2.24) is 5.32 Å². The van der Waals surface area contributed by atoms with Crippen molar-refractivity contribution >= 4 is 0 Å². The molecule has 0 spiro atoms. The molecule has 2 nitrogen and oxygen atoms in total. The van der Waals surface area contributed by atoms with E-state index in [0.717, 1.165) is 38.0 Å². The number of nitrogens with one attached hydrogen (secondary N) is 1. The highest BCUT2D eigenvalue weighted by Gasteiger charge is 2.20. The lowest BCUT2D eigenvalue weighted by atomic mass is 10.1. The molecule has 0 aromatic carbocycles. The summed E-state index contributed by atoms with van der Waals surface area (Å²) in [4.78, 5) is 0. The molecule has 2 atom stereocenters. The fourth-order valence-corrected chi connectivity index (χ4v) is 2.21. The summed E-state index contributed by atoms with van der Waals surface area (Å²) in [6.07, 6.45) is 5.39. The fourth-order valence-electron chi connectivity index (χ4n) is 2.21. The number of rotatable bonds is 7. The largest absolute Gasteiger partial charge is 0.380 e. The van der Waals surface area contributed by atoms with Crippen molar-refractivity contribution in [3.05, 3.63) is 0 Å². The third-order valence-corrected chi connectivity index (χ3v) is 3.01. The van der Waals surface area contributed by atoms with Gasteiger partial charge in [-0.05, 0) is 37.6 Å². The summed E-state index contributed by atoms with van der Waals surface area (Å²) in [5, 5.41) is 3.48. The van der Waals surface area contributed by atoms with Gasteiger partial charge in [0.25, 0.3) is 0 Å². The topological polar surface area (TPSA) is 21.3 Å². The average molecular weight is 199 g/mol. The molecule has 1 aliphatic rings. The average Bonchev–Trinajstić information content (AvgIpc) is 2.58. The van der Waals surface area contributed by atoms with Gasteiger partial charge in [-0.25, -0.2) is 0 Å². The van der Waals surface area contributed by atoms with Crippen LogP contribution in [0.25, 0.3) is 0 Å². The molecule has 0 radical (unpaired) electrons. The Kier molecular flexibility index (Phi) is 6.20. The van der Waals surface area contributed by atoms with Crippen LogP contribution in [0.15, 0.2) is 0 Å². The molecule has 0 amide bonds. The molecule has 0 heterocycles. The van der Waals surface area contributed by atoms with E-state index in [1.165, 1.54) is 25.8 Å². The van der Waals surface area contributed by atoms with Crippen LogP contribution >= 0.6 is 0 Å². The summed E-state index contributed by atoms with van der Waals surface area (Å²) in [6.45, 7) is 8.50. The van der Waals surface area contributed by atoms with Crippen molar-refractivity contribution in [2.24, 2.45) is 11.8 Å². The Morgan fingerprint density at radius 3 is 2.79 bits per heavy atom. The molecule has 1 N–H and O–H groups in total. The summed E-state index contributed by atoms with van der Waals surface area (Å²) in [5.74, 6) is 1.88. The molecule has 1 rings (SSSR count). The predicted octanol–water partition coefficient (Wildman–Crippen LogP) is 2.44. The smallest absolute Gasteiger partial charge is 0.0590 e. The normalized spacial score (nSPS) is 27.0. The molecule has 1 saturated carbocycles. The van der Waals surface area contributed by atoms with Gasteiger partial charge in [0.05, 0.1) is 6.61 Å². The van der Waals surface area contributed by atoms with Crippen molar-refractivity contribution in [2.75, 3.05) is 26.3 Å². The van der Waals surface area contributed by atoms with E-state index in [1.807, 2.05) is 0 Å². The van der Waals surface area contributed by atoms with E-state index in [0.29, 0.717) is 0 Å². The molecule has 1 fully saturated rings. The van der Waals surface area contributed by atoms with Crippen molar-refractivity contribution in [1.29, 1.82) is 0 Å². The Bertz CT molecular complexity index is 138. The van der Waals surface area contributed by atoms with Gasteiger partial charge in [0.15, 0.2) is 0 Å². The third-order valence-electron chi connectivity index (χ3n) is 3.01. The van der Waals surface area contributed by atoms with Crippen molar-refractivity contribution in [3.63, 3.8) is 0 Å². The first-order valence-electron chi connectivity index (χ1n) is 6.11. The van der Waals surface area contributed by atoms with E-state index < -0.39 is 0 Å². The molecule has 14 heavy (non-hydrogen) atoms. The molecule has 1 aliphatic carbocycles. The van der Waals surface area contributed by atoms with Gasteiger partial charge < -0.3 is 10.1 Å². The van der Waals surface area contributed by atoms with Gasteiger partial charge in [-0.2, -0.15) is 0 Å². The van der Waals surface area contributed by atoms with Crippen LogP contribution in [0.4, 0.5) is 0 Å². The van der Waals surface area contributed by atoms with E-state index in [1.54, 1.807) is 0 Å². The van der Waals surface area contributed by atoms with Gasteiger partial charge >= 0.3 is 0 Å². The standard InChI is InChI=1S/C12H25NO/c1-3-7-14-8-6-13-10-12-5-4-11(2)9-12/h11-13H,3-10H2,1-2H3. The summed E-state index contributed by atoms with van der Waals surface area (Å²) in [7, 11) is 0. The SMILES string of the molecule is CCCOCCNCC1CCC(C)C1. The van der Waals surface area contributed by atoms with Crippen LogP contribution in [0.1, 0.15) is 39.5 Å². The lowest BCUT2D eigenvalue weighted by molar-refractivity contribution is 0.136. The van der Waals surface area contributed by atoms with Crippen LogP contribution in [0.2, 0.25) is 0 Å². The molecule has 84 valence electrons. The number of ether oxygens (including phenoxy) is 1. The summed E-state index contributed by atoms with van der Waals surface area (Å²) in [6, 6.07) is 0. The van der Waals surface area contributed by atoms with Crippen LogP contribution in [-0.4, -0.2) is 26.3 Å². The van der Waals surface area contributed by atoms with Crippen LogP contribution in [-0.2, 0) is 4.74 Å². The van der Waals surface area contributed by atoms with Crippen LogP contribution < -0.4 is 5.32 Å². The fraction of sp³-hybridized carbons (Fsp3) is 1.00. The van der Waals surface area contributed by atoms with Crippen LogP contribution in [0, 0.1) is 11.8 Å². The Morgan fingerprint density at radius 2 is 2.14 bits per heavy atom. The quantitative estimate of drug-likeness (QED) is 0.636. The molecule has 0 bridgehead atoms. The van der Waals surface area contributed by atoms with Crippen LogP contribution in [0.3, 0.4) is 0 Å². The Balaban J connectivity index is 1.84. The van der Waals surface area contributed by atoms with E-state index in [9.17, 15) is 0 Å². The highest BCUT2D eigenvalue weighted by atomic mass is 16.5. The lowest BCUT2D eigenvalue weighted by Gasteiger charge is -2.10. The predicted molar refractivity (Wildman–Crippen MR) is 60.5 cm³/mol. The Hall–Kier alpha value is -0.0800. The van der Waals surface area contributed by atoms with Gasteiger partial charge in [-0.15, -0.1) is 0 Å². The van der Waals surface area contributed by atoms with Crippen molar-refractivity contribution in [3.8, 4) is 0 Å². The molecule has 2 unspecified atom stereocenters. The zero-order valence-corrected chi connectivity index (χ0v) is 9.72. The molecule has 0 aromatic heterocycles. The second-order valence-electron chi connectivity index (χ2n) is 4.60. The molecule has 0 saturated heterocycles. The summed E-state index contributed by atoms with van der Waals surface area (Å²) in [5.41, 5.74) is 0. The molecular formula is C12H25NO. The second kappa shape index (κ2) is 7.24. The first-order valence-corrected chi connectivity index (χ1v) is 6.11. The summed E-state index contributed by atoms with van der Waals surface area (Å²) >= 11 is 0.